The van der Waals surface area contributed by atoms with Gasteiger partial charge in [-0.05, 0) is 48.5 Å². The predicted molar refractivity (Wildman–Crippen MR) is 224 cm³/mol. The first-order chi connectivity index (χ1) is 28.2. The van der Waals surface area contributed by atoms with Gasteiger partial charge in [0.15, 0.2) is 28.9 Å². The van der Waals surface area contributed by atoms with E-state index in [9.17, 15) is 0 Å². The van der Waals surface area contributed by atoms with E-state index in [4.69, 9.17) is 38.2 Å². The van der Waals surface area contributed by atoms with Crippen molar-refractivity contribution >= 4 is 65.9 Å². The SMILES string of the molecule is c1ccc(-c2nc(-c3ccc4oc5cccc(-c6nc(-c7ccccc7)c7oc8ccccc8c7n6)c5c4c3)nc(-c3cccc4c3oc3ccccc34)n2)cc1. The van der Waals surface area contributed by atoms with Crippen LogP contribution in [0.2, 0.25) is 0 Å². The third-order valence-electron chi connectivity index (χ3n) is 10.6. The van der Waals surface area contributed by atoms with Gasteiger partial charge in [0.25, 0.3) is 0 Å². The lowest BCUT2D eigenvalue weighted by Gasteiger charge is -2.09. The fourth-order valence-corrected chi connectivity index (χ4v) is 7.92. The second kappa shape index (κ2) is 12.3. The average molecular weight is 734 g/mol. The summed E-state index contributed by atoms with van der Waals surface area (Å²) in [5.74, 6) is 2.17. The molecule has 0 aliphatic carbocycles. The number of para-hydroxylation sites is 3. The summed E-state index contributed by atoms with van der Waals surface area (Å²) in [5.41, 5.74) is 10.1. The molecule has 8 nitrogen and oxygen atoms in total. The number of furan rings is 3. The van der Waals surface area contributed by atoms with Crippen LogP contribution in [0.25, 0.3) is 123 Å². The first-order valence-electron chi connectivity index (χ1n) is 18.7. The fraction of sp³-hybridized carbons (Fsp3) is 0. The Labute approximate surface area is 323 Å². The number of aromatic nitrogens is 5. The average Bonchev–Trinajstić information content (AvgIpc) is 3.98. The quantitative estimate of drug-likeness (QED) is 0.172. The normalized spacial score (nSPS) is 11.9. The number of hydrogen-bond acceptors (Lipinski definition) is 8. The van der Waals surface area contributed by atoms with Gasteiger partial charge in [-0.15, -0.1) is 0 Å². The minimum absolute atomic E-state index is 0.517. The van der Waals surface area contributed by atoms with Crippen molar-refractivity contribution in [2.24, 2.45) is 0 Å². The standard InChI is InChI=1S/C49H27N5O3/c1-3-13-28(14-4-1)42-45-43(33-18-8-10-23-38(33)57-45)51-48(50-42)34-20-12-24-40-41(34)36-27-30(25-26-39(36)55-40)47-52-46(29-15-5-2-6-16-29)53-49(54-47)35-21-11-19-32-31-17-7-9-22-37(31)56-44(32)35/h1-27H. The molecule has 7 aromatic carbocycles. The summed E-state index contributed by atoms with van der Waals surface area (Å²) in [5, 5.41) is 4.76. The smallest absolute Gasteiger partial charge is 0.180 e. The Hall–Kier alpha value is -7.97. The topological polar surface area (TPSA) is 104 Å². The molecule has 0 aliphatic heterocycles. The molecular formula is C49H27N5O3. The Bertz CT molecular complexity index is 3530. The third kappa shape index (κ3) is 4.97. The summed E-state index contributed by atoms with van der Waals surface area (Å²) in [6, 6.07) is 54.2. The maximum atomic E-state index is 6.49. The van der Waals surface area contributed by atoms with Crippen LogP contribution in [0.15, 0.2) is 177 Å². The van der Waals surface area contributed by atoms with Crippen LogP contribution in [0, 0.1) is 0 Å². The van der Waals surface area contributed by atoms with Crippen LogP contribution in [-0.2, 0) is 0 Å². The Morgan fingerprint density at radius 3 is 1.72 bits per heavy atom. The van der Waals surface area contributed by atoms with Gasteiger partial charge < -0.3 is 13.3 Å². The molecular weight excluding hydrogens is 707 g/mol. The van der Waals surface area contributed by atoms with Crippen LogP contribution in [0.4, 0.5) is 0 Å². The molecule has 266 valence electrons. The fourth-order valence-electron chi connectivity index (χ4n) is 7.92. The van der Waals surface area contributed by atoms with Crippen molar-refractivity contribution in [1.82, 2.24) is 24.9 Å². The molecule has 5 aromatic heterocycles. The number of fused-ring (bicyclic) bond motifs is 9. The number of rotatable bonds is 5. The van der Waals surface area contributed by atoms with Crippen LogP contribution in [-0.4, -0.2) is 24.9 Å². The van der Waals surface area contributed by atoms with Crippen molar-refractivity contribution in [2.45, 2.75) is 0 Å². The van der Waals surface area contributed by atoms with E-state index in [-0.39, 0.29) is 0 Å². The molecule has 0 fully saturated rings. The zero-order valence-electron chi connectivity index (χ0n) is 30.0. The largest absolute Gasteiger partial charge is 0.456 e. The van der Waals surface area contributed by atoms with E-state index in [2.05, 4.69) is 18.2 Å². The molecule has 0 atom stereocenters. The second-order valence-corrected chi connectivity index (χ2v) is 14.0. The van der Waals surface area contributed by atoms with Gasteiger partial charge in [0.2, 0.25) is 0 Å². The Balaban J connectivity index is 1.08. The molecule has 12 rings (SSSR count). The minimum Gasteiger partial charge on any atom is -0.456 e. The molecule has 12 aromatic rings. The van der Waals surface area contributed by atoms with Crippen LogP contribution < -0.4 is 0 Å². The molecule has 0 saturated heterocycles. The lowest BCUT2D eigenvalue weighted by molar-refractivity contribution is 0.667. The van der Waals surface area contributed by atoms with Crippen molar-refractivity contribution in [1.29, 1.82) is 0 Å². The predicted octanol–water partition coefficient (Wildman–Crippen LogP) is 12.7. The highest BCUT2D eigenvalue weighted by Gasteiger charge is 2.22. The summed E-state index contributed by atoms with van der Waals surface area (Å²) in [6.07, 6.45) is 0. The van der Waals surface area contributed by atoms with Crippen LogP contribution in [0.5, 0.6) is 0 Å². The molecule has 0 amide bonds. The molecule has 0 aliphatic rings. The van der Waals surface area contributed by atoms with Gasteiger partial charge in [-0.1, -0.05) is 115 Å². The molecule has 8 heteroatoms. The van der Waals surface area contributed by atoms with Crippen molar-refractivity contribution in [3.05, 3.63) is 164 Å². The van der Waals surface area contributed by atoms with Crippen molar-refractivity contribution in [2.75, 3.05) is 0 Å². The molecule has 0 saturated carbocycles. The maximum absolute atomic E-state index is 6.49. The Morgan fingerprint density at radius 2 is 0.895 bits per heavy atom. The van der Waals surface area contributed by atoms with Gasteiger partial charge in [0, 0.05) is 49.2 Å². The van der Waals surface area contributed by atoms with Gasteiger partial charge in [-0.2, -0.15) is 0 Å². The van der Waals surface area contributed by atoms with Crippen LogP contribution in [0.1, 0.15) is 0 Å². The molecule has 0 N–H and O–H groups in total. The van der Waals surface area contributed by atoms with E-state index < -0.39 is 0 Å². The van der Waals surface area contributed by atoms with Crippen molar-refractivity contribution in [3.8, 4) is 56.8 Å². The van der Waals surface area contributed by atoms with Gasteiger partial charge in [0.05, 0.1) is 5.56 Å². The van der Waals surface area contributed by atoms with E-state index in [0.717, 1.165) is 93.9 Å². The molecule has 0 radical (unpaired) electrons. The number of benzene rings is 7. The van der Waals surface area contributed by atoms with Gasteiger partial charge in [-0.3, -0.25) is 0 Å². The summed E-state index contributed by atoms with van der Waals surface area (Å²) >= 11 is 0. The first kappa shape index (κ1) is 31.4. The molecule has 57 heavy (non-hydrogen) atoms. The van der Waals surface area contributed by atoms with Crippen molar-refractivity contribution in [3.63, 3.8) is 0 Å². The maximum Gasteiger partial charge on any atom is 0.180 e. The summed E-state index contributed by atoms with van der Waals surface area (Å²) in [7, 11) is 0. The molecule has 5 heterocycles. The van der Waals surface area contributed by atoms with Gasteiger partial charge in [0.1, 0.15) is 39.1 Å². The van der Waals surface area contributed by atoms with Crippen LogP contribution in [0.3, 0.4) is 0 Å². The van der Waals surface area contributed by atoms with Gasteiger partial charge in [-0.25, -0.2) is 24.9 Å². The number of nitrogens with zero attached hydrogens (tertiary/aromatic N) is 5. The van der Waals surface area contributed by atoms with Gasteiger partial charge >= 0.3 is 0 Å². The Morgan fingerprint density at radius 1 is 0.316 bits per heavy atom. The summed E-state index contributed by atoms with van der Waals surface area (Å²) in [4.78, 5) is 25.6. The van der Waals surface area contributed by atoms with E-state index in [1.807, 2.05) is 146 Å². The number of hydrogen-bond donors (Lipinski definition) is 0. The third-order valence-corrected chi connectivity index (χ3v) is 10.6. The molecule has 0 spiro atoms. The summed E-state index contributed by atoms with van der Waals surface area (Å²) < 4.78 is 19.3. The highest BCUT2D eigenvalue weighted by atomic mass is 16.3. The van der Waals surface area contributed by atoms with E-state index in [1.165, 1.54) is 0 Å². The van der Waals surface area contributed by atoms with E-state index >= 15 is 0 Å². The lowest BCUT2D eigenvalue weighted by atomic mass is 10.0. The minimum atomic E-state index is 0.517. The Kier molecular flexibility index (Phi) is 6.76. The van der Waals surface area contributed by atoms with Crippen LogP contribution >= 0.6 is 0 Å². The first-order valence-corrected chi connectivity index (χ1v) is 18.7. The van der Waals surface area contributed by atoms with Crippen molar-refractivity contribution < 1.29 is 13.3 Å². The molecule has 0 bridgehead atoms. The van der Waals surface area contributed by atoms with E-state index in [1.54, 1.807) is 0 Å². The van der Waals surface area contributed by atoms with E-state index in [0.29, 0.717) is 28.9 Å². The monoisotopic (exact) mass is 733 g/mol. The highest BCUT2D eigenvalue weighted by Crippen LogP contribution is 2.41. The highest BCUT2D eigenvalue weighted by molar-refractivity contribution is 6.14. The zero-order valence-corrected chi connectivity index (χ0v) is 30.0. The molecule has 0 unspecified atom stereocenters. The second-order valence-electron chi connectivity index (χ2n) is 14.0. The zero-order chi connectivity index (χ0) is 37.5. The lowest BCUT2D eigenvalue weighted by Crippen LogP contribution is -2.00. The summed E-state index contributed by atoms with van der Waals surface area (Å²) in [6.45, 7) is 0.